The Hall–Kier alpha value is -4.24. The minimum absolute atomic E-state index is 0.0250. The molecule has 0 amide bonds. The highest BCUT2D eigenvalue weighted by atomic mass is 16.7. The number of aryl methyl sites for hydroxylation is 3. The molecule has 4 aromatic carbocycles. The highest BCUT2D eigenvalue weighted by Crippen LogP contribution is 2.65. The molecule has 3 nitrogen and oxygen atoms in total. The van der Waals surface area contributed by atoms with Gasteiger partial charge in [-0.1, -0.05) is 114 Å². The van der Waals surface area contributed by atoms with Crippen LogP contribution in [0.4, 0.5) is 0 Å². The topological polar surface area (TPSA) is 38.7 Å². The second-order valence-electron chi connectivity index (χ2n) is 10.3. The van der Waals surface area contributed by atoms with Crippen molar-refractivity contribution in [1.29, 1.82) is 0 Å². The molecule has 1 heterocycles. The first kappa shape index (κ1) is 23.2. The fourth-order valence-electron chi connectivity index (χ4n) is 6.41. The van der Waals surface area contributed by atoms with Gasteiger partial charge >= 0.3 is 0 Å². The standard InChI is InChI=1S/C34H29NO2/c1-22-20-23(2)28(24(3)21-22)31-33(4)32(36)29(25-14-8-5-9-15-25)30(26-16-10-6-11-17-26)34(33,37-35-31)27-18-12-7-13-19-27/h5-21H,1-4H3/t33-,34+/m0/s1. The third-order valence-electron chi connectivity index (χ3n) is 7.95. The molecule has 182 valence electrons. The van der Waals surface area contributed by atoms with E-state index >= 15 is 0 Å². The van der Waals surface area contributed by atoms with Crippen LogP contribution in [0, 0.1) is 26.2 Å². The van der Waals surface area contributed by atoms with Crippen molar-refractivity contribution in [1.82, 2.24) is 0 Å². The number of rotatable bonds is 4. The number of fused-ring (bicyclic) bond motifs is 1. The second kappa shape index (κ2) is 8.41. The number of nitrogens with zero attached hydrogens (tertiary/aromatic N) is 1. The van der Waals surface area contributed by atoms with Crippen LogP contribution in [0.5, 0.6) is 0 Å². The smallest absolute Gasteiger partial charge is 0.207 e. The highest BCUT2D eigenvalue weighted by Gasteiger charge is 2.71. The number of carbonyl (C=O) groups excluding carboxylic acids is 1. The molecule has 2 atom stereocenters. The average Bonchev–Trinajstić information content (AvgIpc) is 3.32. The molecule has 0 fully saturated rings. The Morgan fingerprint density at radius 3 is 1.78 bits per heavy atom. The summed E-state index contributed by atoms with van der Waals surface area (Å²) >= 11 is 0. The van der Waals surface area contributed by atoms with E-state index in [1.165, 1.54) is 5.56 Å². The molecule has 0 saturated carbocycles. The number of allylic oxidation sites excluding steroid dienone is 1. The number of Topliss-reactive ketones (excluding diaryl/α,β-unsaturated/α-hetero) is 1. The van der Waals surface area contributed by atoms with E-state index in [1.807, 2.05) is 73.7 Å². The molecule has 6 rings (SSSR count). The van der Waals surface area contributed by atoms with Crippen LogP contribution < -0.4 is 0 Å². The lowest BCUT2D eigenvalue weighted by Crippen LogP contribution is -2.48. The molecule has 2 aliphatic rings. The van der Waals surface area contributed by atoms with Crippen LogP contribution in [0.3, 0.4) is 0 Å². The molecular weight excluding hydrogens is 454 g/mol. The van der Waals surface area contributed by atoms with E-state index in [0.717, 1.165) is 39.0 Å². The van der Waals surface area contributed by atoms with E-state index < -0.39 is 11.0 Å². The maximum Gasteiger partial charge on any atom is 0.207 e. The lowest BCUT2D eigenvalue weighted by Gasteiger charge is -2.37. The zero-order valence-electron chi connectivity index (χ0n) is 21.6. The van der Waals surface area contributed by atoms with E-state index in [-0.39, 0.29) is 5.78 Å². The van der Waals surface area contributed by atoms with Gasteiger partial charge in [0.15, 0.2) is 5.78 Å². The van der Waals surface area contributed by atoms with Gasteiger partial charge in [-0.2, -0.15) is 0 Å². The SMILES string of the molecule is Cc1cc(C)c(C2=NO[C@]3(c4ccccc4)C(c4ccccc4)=C(c4ccccc4)C(=O)[C@]23C)c(C)c1. The molecule has 0 spiro atoms. The minimum atomic E-state index is -1.11. The fraction of sp³-hybridized carbons (Fsp3) is 0.176. The molecule has 1 aliphatic carbocycles. The van der Waals surface area contributed by atoms with Gasteiger partial charge in [-0.05, 0) is 49.9 Å². The van der Waals surface area contributed by atoms with Crippen LogP contribution in [0.2, 0.25) is 0 Å². The average molecular weight is 484 g/mol. The molecule has 0 bridgehead atoms. The van der Waals surface area contributed by atoms with E-state index in [0.29, 0.717) is 11.3 Å². The molecular formula is C34H29NO2. The number of hydrogen-bond acceptors (Lipinski definition) is 3. The molecule has 0 aromatic heterocycles. The van der Waals surface area contributed by atoms with Crippen LogP contribution in [0.25, 0.3) is 11.1 Å². The van der Waals surface area contributed by atoms with Crippen molar-refractivity contribution in [3.8, 4) is 0 Å². The number of hydrogen-bond donors (Lipinski definition) is 0. The molecule has 3 heteroatoms. The predicted octanol–water partition coefficient (Wildman–Crippen LogP) is 7.44. The van der Waals surface area contributed by atoms with Crippen molar-refractivity contribution in [2.24, 2.45) is 10.6 Å². The number of oxime groups is 1. The van der Waals surface area contributed by atoms with Crippen molar-refractivity contribution in [3.63, 3.8) is 0 Å². The summed E-state index contributed by atoms with van der Waals surface area (Å²) in [5, 5.41) is 4.78. The van der Waals surface area contributed by atoms with E-state index in [4.69, 9.17) is 9.99 Å². The first-order chi connectivity index (χ1) is 17.9. The van der Waals surface area contributed by atoms with Crippen molar-refractivity contribution < 1.29 is 9.63 Å². The largest absolute Gasteiger partial charge is 0.378 e. The van der Waals surface area contributed by atoms with Crippen LogP contribution in [0.15, 0.2) is 108 Å². The Morgan fingerprint density at radius 1 is 0.703 bits per heavy atom. The molecule has 37 heavy (non-hydrogen) atoms. The van der Waals surface area contributed by atoms with Crippen LogP contribution in [-0.2, 0) is 15.2 Å². The van der Waals surface area contributed by atoms with Crippen molar-refractivity contribution in [2.45, 2.75) is 33.3 Å². The summed E-state index contributed by atoms with van der Waals surface area (Å²) in [6.45, 7) is 8.29. The van der Waals surface area contributed by atoms with E-state index in [9.17, 15) is 4.79 Å². The van der Waals surface area contributed by atoms with Gasteiger partial charge in [0.2, 0.25) is 5.60 Å². The summed E-state index contributed by atoms with van der Waals surface area (Å²) in [5.41, 5.74) is 7.16. The molecule has 1 aliphatic heterocycles. The monoisotopic (exact) mass is 483 g/mol. The molecule has 4 aromatic rings. The van der Waals surface area contributed by atoms with Crippen molar-refractivity contribution >= 4 is 22.6 Å². The summed E-state index contributed by atoms with van der Waals surface area (Å²) in [5.74, 6) is 0.0250. The second-order valence-corrected chi connectivity index (χ2v) is 10.3. The van der Waals surface area contributed by atoms with Crippen LogP contribution >= 0.6 is 0 Å². The third-order valence-corrected chi connectivity index (χ3v) is 7.95. The predicted molar refractivity (Wildman–Crippen MR) is 149 cm³/mol. The Balaban J connectivity index is 1.72. The normalized spacial score (nSPS) is 22.6. The Morgan fingerprint density at radius 2 is 1.22 bits per heavy atom. The van der Waals surface area contributed by atoms with Gasteiger partial charge < -0.3 is 4.84 Å². The number of ketones is 1. The van der Waals surface area contributed by atoms with Gasteiger partial charge in [0.05, 0.1) is 0 Å². The maximum absolute atomic E-state index is 14.9. The summed E-state index contributed by atoms with van der Waals surface area (Å²) in [7, 11) is 0. The van der Waals surface area contributed by atoms with Crippen LogP contribution in [-0.4, -0.2) is 11.5 Å². The summed E-state index contributed by atoms with van der Waals surface area (Å²) < 4.78 is 0. The first-order valence-corrected chi connectivity index (χ1v) is 12.7. The molecule has 0 unspecified atom stereocenters. The zero-order valence-corrected chi connectivity index (χ0v) is 21.6. The molecule has 0 N–H and O–H groups in total. The van der Waals surface area contributed by atoms with Gasteiger partial charge in [-0.15, -0.1) is 0 Å². The Bertz CT molecular complexity index is 1560. The van der Waals surface area contributed by atoms with Gasteiger partial charge in [0, 0.05) is 22.3 Å². The van der Waals surface area contributed by atoms with Crippen LogP contribution in [0.1, 0.15) is 45.9 Å². The lowest BCUT2D eigenvalue weighted by molar-refractivity contribution is -0.126. The lowest BCUT2D eigenvalue weighted by atomic mass is 9.63. The van der Waals surface area contributed by atoms with Gasteiger partial charge in [-0.3, -0.25) is 4.79 Å². The summed E-state index contributed by atoms with van der Waals surface area (Å²) in [6.07, 6.45) is 0. The third kappa shape index (κ3) is 3.13. The summed E-state index contributed by atoms with van der Waals surface area (Å²) in [4.78, 5) is 21.6. The first-order valence-electron chi connectivity index (χ1n) is 12.7. The summed E-state index contributed by atoms with van der Waals surface area (Å²) in [6, 6.07) is 34.5. The maximum atomic E-state index is 14.9. The molecule has 0 saturated heterocycles. The highest BCUT2D eigenvalue weighted by molar-refractivity contribution is 6.43. The van der Waals surface area contributed by atoms with Gasteiger partial charge in [-0.25, -0.2) is 0 Å². The quantitative estimate of drug-likeness (QED) is 0.302. The van der Waals surface area contributed by atoms with E-state index in [1.54, 1.807) is 0 Å². The van der Waals surface area contributed by atoms with E-state index in [2.05, 4.69) is 57.2 Å². The fourth-order valence-corrected chi connectivity index (χ4v) is 6.41. The number of benzene rings is 4. The van der Waals surface area contributed by atoms with Gasteiger partial charge in [0.1, 0.15) is 11.1 Å². The Labute approximate surface area is 218 Å². The zero-order chi connectivity index (χ0) is 25.8. The number of carbonyl (C=O) groups is 1. The van der Waals surface area contributed by atoms with Gasteiger partial charge in [0.25, 0.3) is 0 Å². The Kier molecular flexibility index (Phi) is 5.27. The molecule has 0 radical (unpaired) electrons. The van der Waals surface area contributed by atoms with Crippen molar-refractivity contribution in [2.75, 3.05) is 0 Å². The van der Waals surface area contributed by atoms with Crippen molar-refractivity contribution in [3.05, 3.63) is 142 Å². The minimum Gasteiger partial charge on any atom is -0.378 e.